The zero-order valence-electron chi connectivity index (χ0n) is 10.8. The molecule has 100 valence electrons. The first-order valence-electron chi connectivity index (χ1n) is 5.96. The number of hydrogen-bond acceptors (Lipinski definition) is 4. The smallest absolute Gasteiger partial charge is 0.336 e. The van der Waals surface area contributed by atoms with Gasteiger partial charge >= 0.3 is 5.63 Å². The molecule has 1 aromatic carbocycles. The molecule has 5 heteroatoms. The Morgan fingerprint density at radius 2 is 2.11 bits per heavy atom. The van der Waals surface area contributed by atoms with Crippen molar-refractivity contribution in [1.82, 2.24) is 0 Å². The number of rotatable bonds is 4. The molecule has 1 amide bonds. The van der Waals surface area contributed by atoms with Gasteiger partial charge in [0.2, 0.25) is 0 Å². The van der Waals surface area contributed by atoms with Crippen molar-refractivity contribution >= 4 is 16.9 Å². The quantitative estimate of drug-likeness (QED) is 0.850. The second-order valence-corrected chi connectivity index (χ2v) is 4.59. The van der Waals surface area contributed by atoms with Gasteiger partial charge in [-0.25, -0.2) is 4.79 Å². The molecular formula is C14H15NO4. The van der Waals surface area contributed by atoms with Crippen molar-refractivity contribution in [2.24, 2.45) is 5.73 Å². The maximum atomic E-state index is 11.5. The molecule has 2 aromatic rings. The highest BCUT2D eigenvalue weighted by Gasteiger charge is 2.10. The highest BCUT2D eigenvalue weighted by Crippen LogP contribution is 2.26. The maximum absolute atomic E-state index is 11.5. The molecule has 0 aliphatic heterocycles. The Morgan fingerprint density at radius 1 is 1.37 bits per heavy atom. The van der Waals surface area contributed by atoms with E-state index in [-0.39, 0.29) is 12.5 Å². The van der Waals surface area contributed by atoms with Gasteiger partial charge in [0, 0.05) is 17.5 Å². The molecule has 0 saturated heterocycles. The van der Waals surface area contributed by atoms with Crippen LogP contribution in [0.1, 0.15) is 25.3 Å². The first-order valence-corrected chi connectivity index (χ1v) is 5.96. The lowest BCUT2D eigenvalue weighted by molar-refractivity contribution is -0.119. The van der Waals surface area contributed by atoms with E-state index in [0.29, 0.717) is 11.3 Å². The summed E-state index contributed by atoms with van der Waals surface area (Å²) >= 11 is 0. The van der Waals surface area contributed by atoms with E-state index < -0.39 is 11.5 Å². The molecule has 2 N–H and O–H groups in total. The number of benzene rings is 1. The third-order valence-corrected chi connectivity index (χ3v) is 2.75. The van der Waals surface area contributed by atoms with E-state index >= 15 is 0 Å². The summed E-state index contributed by atoms with van der Waals surface area (Å²) in [6, 6.07) is 6.61. The number of nitrogens with two attached hydrogens (primary N) is 1. The van der Waals surface area contributed by atoms with Crippen molar-refractivity contribution in [2.75, 3.05) is 6.61 Å². The summed E-state index contributed by atoms with van der Waals surface area (Å²) in [7, 11) is 0. The van der Waals surface area contributed by atoms with E-state index in [1.54, 1.807) is 12.1 Å². The molecular weight excluding hydrogens is 246 g/mol. The summed E-state index contributed by atoms with van der Waals surface area (Å²) in [5, 5.41) is 0.862. The van der Waals surface area contributed by atoms with Gasteiger partial charge in [0.25, 0.3) is 5.91 Å². The fraction of sp³-hybridized carbons (Fsp3) is 0.286. The molecule has 5 nitrogen and oxygen atoms in total. The van der Waals surface area contributed by atoms with Gasteiger partial charge in [-0.15, -0.1) is 0 Å². The molecule has 0 unspecified atom stereocenters. The molecule has 0 aliphatic carbocycles. The van der Waals surface area contributed by atoms with Crippen LogP contribution in [-0.2, 0) is 4.79 Å². The molecule has 0 fully saturated rings. The number of amides is 1. The monoisotopic (exact) mass is 261 g/mol. The number of carbonyl (C=O) groups is 1. The SMILES string of the molecule is CC(C)c1cc(=O)oc2cc(OCC(N)=O)ccc12. The van der Waals surface area contributed by atoms with Gasteiger partial charge < -0.3 is 14.9 Å². The van der Waals surface area contributed by atoms with E-state index in [0.717, 1.165) is 10.9 Å². The number of carbonyl (C=O) groups excluding carboxylic acids is 1. The minimum atomic E-state index is -0.558. The van der Waals surface area contributed by atoms with Crippen LogP contribution < -0.4 is 16.1 Å². The van der Waals surface area contributed by atoms with Crippen LogP contribution in [0.15, 0.2) is 33.5 Å². The molecule has 1 aromatic heterocycles. The van der Waals surface area contributed by atoms with Gasteiger partial charge in [0.1, 0.15) is 11.3 Å². The average molecular weight is 261 g/mol. The molecule has 2 rings (SSSR count). The predicted octanol–water partition coefficient (Wildman–Crippen LogP) is 1.78. The van der Waals surface area contributed by atoms with Crippen molar-refractivity contribution < 1.29 is 13.9 Å². The Balaban J connectivity index is 2.48. The zero-order valence-corrected chi connectivity index (χ0v) is 10.8. The van der Waals surface area contributed by atoms with Gasteiger partial charge in [0.15, 0.2) is 6.61 Å². The summed E-state index contributed by atoms with van der Waals surface area (Å²) in [6.45, 7) is 3.80. The first kappa shape index (κ1) is 13.1. The molecule has 0 atom stereocenters. The summed E-state index contributed by atoms with van der Waals surface area (Å²) in [4.78, 5) is 22.2. The standard InChI is InChI=1S/C14H15NO4/c1-8(2)11-6-14(17)19-12-5-9(3-4-10(11)12)18-7-13(15)16/h3-6,8H,7H2,1-2H3,(H2,15,16). The maximum Gasteiger partial charge on any atom is 0.336 e. The summed E-state index contributed by atoms with van der Waals surface area (Å²) in [5.41, 5.74) is 5.97. The highest BCUT2D eigenvalue weighted by molar-refractivity contribution is 5.82. The van der Waals surface area contributed by atoms with Crippen LogP contribution in [0, 0.1) is 0 Å². The van der Waals surface area contributed by atoms with Crippen LogP contribution in [0.4, 0.5) is 0 Å². The number of hydrogen-bond donors (Lipinski definition) is 1. The van der Waals surface area contributed by atoms with Crippen LogP contribution in [0.3, 0.4) is 0 Å². The first-order chi connectivity index (χ1) is 8.97. The van der Waals surface area contributed by atoms with E-state index in [1.807, 2.05) is 19.9 Å². The molecule has 0 aliphatic rings. The van der Waals surface area contributed by atoms with Crippen molar-refractivity contribution in [2.45, 2.75) is 19.8 Å². The minimum Gasteiger partial charge on any atom is -0.484 e. The van der Waals surface area contributed by atoms with E-state index in [9.17, 15) is 9.59 Å². The normalized spacial score (nSPS) is 10.9. The predicted molar refractivity (Wildman–Crippen MR) is 71.3 cm³/mol. The Morgan fingerprint density at radius 3 is 2.74 bits per heavy atom. The van der Waals surface area contributed by atoms with Crippen LogP contribution in [-0.4, -0.2) is 12.5 Å². The second kappa shape index (κ2) is 5.14. The van der Waals surface area contributed by atoms with Gasteiger partial charge in [0.05, 0.1) is 0 Å². The molecule has 0 bridgehead atoms. The summed E-state index contributed by atoms with van der Waals surface area (Å²) in [5.74, 6) is 0.0943. The van der Waals surface area contributed by atoms with Gasteiger partial charge in [-0.2, -0.15) is 0 Å². The van der Waals surface area contributed by atoms with Crippen LogP contribution in [0.5, 0.6) is 5.75 Å². The van der Waals surface area contributed by atoms with Gasteiger partial charge in [-0.05, 0) is 23.6 Å². The van der Waals surface area contributed by atoms with E-state index in [1.165, 1.54) is 6.07 Å². The molecule has 19 heavy (non-hydrogen) atoms. The van der Waals surface area contributed by atoms with Crippen molar-refractivity contribution in [3.8, 4) is 5.75 Å². The number of fused-ring (bicyclic) bond motifs is 1. The zero-order chi connectivity index (χ0) is 14.0. The topological polar surface area (TPSA) is 82.5 Å². The van der Waals surface area contributed by atoms with Crippen molar-refractivity contribution in [3.05, 3.63) is 40.2 Å². The number of ether oxygens (including phenoxy) is 1. The Hall–Kier alpha value is -2.30. The number of primary amides is 1. The summed E-state index contributed by atoms with van der Waals surface area (Å²) in [6.07, 6.45) is 0. The Kier molecular flexibility index (Phi) is 3.55. The largest absolute Gasteiger partial charge is 0.484 e. The molecule has 0 saturated carbocycles. The Bertz CT molecular complexity index is 673. The highest BCUT2D eigenvalue weighted by atomic mass is 16.5. The minimum absolute atomic E-state index is 0.209. The lowest BCUT2D eigenvalue weighted by atomic mass is 10.00. The average Bonchev–Trinajstić information content (AvgIpc) is 2.34. The van der Waals surface area contributed by atoms with E-state index in [4.69, 9.17) is 14.9 Å². The third-order valence-electron chi connectivity index (χ3n) is 2.75. The molecule has 0 spiro atoms. The molecule has 1 heterocycles. The lowest BCUT2D eigenvalue weighted by Crippen LogP contribution is -2.20. The fourth-order valence-corrected chi connectivity index (χ4v) is 1.89. The molecule has 0 radical (unpaired) electrons. The van der Waals surface area contributed by atoms with Gasteiger partial charge in [-0.3, -0.25) is 4.79 Å². The lowest BCUT2D eigenvalue weighted by Gasteiger charge is -2.10. The third kappa shape index (κ3) is 2.93. The van der Waals surface area contributed by atoms with Crippen molar-refractivity contribution in [1.29, 1.82) is 0 Å². The van der Waals surface area contributed by atoms with Gasteiger partial charge in [-0.1, -0.05) is 13.8 Å². The van der Waals surface area contributed by atoms with E-state index in [2.05, 4.69) is 0 Å². The summed E-state index contributed by atoms with van der Waals surface area (Å²) < 4.78 is 10.3. The van der Waals surface area contributed by atoms with Crippen LogP contribution >= 0.6 is 0 Å². The Labute approximate surface area is 110 Å². The van der Waals surface area contributed by atoms with Crippen LogP contribution in [0.25, 0.3) is 11.0 Å². The van der Waals surface area contributed by atoms with Crippen LogP contribution in [0.2, 0.25) is 0 Å². The van der Waals surface area contributed by atoms with Crippen molar-refractivity contribution in [3.63, 3.8) is 0 Å². The fourth-order valence-electron chi connectivity index (χ4n) is 1.89. The second-order valence-electron chi connectivity index (χ2n) is 4.59.